The molecule has 0 atom stereocenters. The number of carbonyl (C=O) groups excluding carboxylic acids is 1. The van der Waals surface area contributed by atoms with Crippen LogP contribution >= 0.6 is 10.8 Å². The predicted molar refractivity (Wildman–Crippen MR) is 96.9 cm³/mol. The number of nitrogens with zero attached hydrogens (tertiary/aromatic N) is 1. The Labute approximate surface area is 148 Å². The highest BCUT2D eigenvalue weighted by atomic mass is 33.1. The first kappa shape index (κ1) is 19.1. The van der Waals surface area contributed by atoms with E-state index >= 15 is 0 Å². The topological polar surface area (TPSA) is 63.7 Å². The maximum atomic E-state index is 12.1. The van der Waals surface area contributed by atoms with Crippen LogP contribution in [0.1, 0.15) is 45.1 Å². The average molecular weight is 372 g/mol. The van der Waals surface area contributed by atoms with Gasteiger partial charge in [-0.15, -0.1) is 0 Å². The Morgan fingerprint density at radius 3 is 2.17 bits per heavy atom. The Morgan fingerprint density at radius 1 is 1.17 bits per heavy atom. The summed E-state index contributed by atoms with van der Waals surface area (Å²) in [6.07, 6.45) is 2.73. The molecule has 0 radical (unpaired) electrons. The van der Waals surface area contributed by atoms with Gasteiger partial charge in [-0.3, -0.25) is 0 Å². The fourth-order valence-electron chi connectivity index (χ4n) is 2.69. The second-order valence-electron chi connectivity index (χ2n) is 7.10. The maximum Gasteiger partial charge on any atom is 0.410 e. The van der Waals surface area contributed by atoms with Gasteiger partial charge >= 0.3 is 6.09 Å². The molecule has 0 aliphatic carbocycles. The summed E-state index contributed by atoms with van der Waals surface area (Å²) < 4.78 is 28.0. The van der Waals surface area contributed by atoms with E-state index in [1.165, 1.54) is 11.8 Å². The molecule has 5 nitrogen and oxygen atoms in total. The highest BCUT2D eigenvalue weighted by Gasteiger charge is 2.27. The summed E-state index contributed by atoms with van der Waals surface area (Å²) in [5.74, 6) is 0.390. The van der Waals surface area contributed by atoms with E-state index in [4.69, 9.17) is 4.74 Å². The van der Waals surface area contributed by atoms with Crippen LogP contribution in [0.4, 0.5) is 4.79 Å². The number of carbonyl (C=O) groups is 1. The number of hydrogen-bond donors (Lipinski definition) is 0. The predicted octanol–water partition coefficient (Wildman–Crippen LogP) is 3.85. The van der Waals surface area contributed by atoms with Crippen LogP contribution in [0.5, 0.6) is 0 Å². The van der Waals surface area contributed by atoms with Crippen LogP contribution in [0.15, 0.2) is 29.2 Å². The van der Waals surface area contributed by atoms with Crippen molar-refractivity contribution >= 4 is 25.8 Å². The number of benzene rings is 1. The van der Waals surface area contributed by atoms with Crippen molar-refractivity contribution in [3.8, 4) is 0 Å². The van der Waals surface area contributed by atoms with E-state index in [1.54, 1.807) is 4.90 Å². The molecule has 1 aromatic carbocycles. The van der Waals surface area contributed by atoms with Gasteiger partial charge < -0.3 is 9.64 Å². The van der Waals surface area contributed by atoms with Crippen LogP contribution in [0, 0.1) is 0 Å². The Hall–Kier alpha value is -1.21. The molecule has 24 heavy (non-hydrogen) atoms. The van der Waals surface area contributed by atoms with E-state index in [1.807, 2.05) is 45.0 Å². The summed E-state index contributed by atoms with van der Waals surface area (Å²) in [5.41, 5.74) is 0.720. The molecule has 0 saturated carbocycles. The monoisotopic (exact) mass is 371 g/mol. The van der Waals surface area contributed by atoms with Crippen LogP contribution in [-0.2, 0) is 13.6 Å². The molecule has 134 valence electrons. The van der Waals surface area contributed by atoms with Crippen molar-refractivity contribution in [2.75, 3.05) is 19.3 Å². The Balaban J connectivity index is 1.91. The lowest BCUT2D eigenvalue weighted by Crippen LogP contribution is -2.41. The van der Waals surface area contributed by atoms with E-state index in [0.29, 0.717) is 19.0 Å². The summed E-state index contributed by atoms with van der Waals surface area (Å²) in [5, 5.41) is 0. The van der Waals surface area contributed by atoms with Crippen molar-refractivity contribution in [3.63, 3.8) is 0 Å². The molecule has 0 N–H and O–H groups in total. The number of likely N-dealkylation sites (tertiary alicyclic amines) is 1. The third-order valence-electron chi connectivity index (χ3n) is 3.75. The van der Waals surface area contributed by atoms with Gasteiger partial charge in [0.1, 0.15) is 5.60 Å². The maximum absolute atomic E-state index is 12.1. The van der Waals surface area contributed by atoms with Gasteiger partial charge in [-0.05, 0) is 57.2 Å². The number of hydrogen-bond acceptors (Lipinski definition) is 5. The largest absolute Gasteiger partial charge is 0.444 e. The lowest BCUT2D eigenvalue weighted by molar-refractivity contribution is 0.0205. The molecule has 7 heteroatoms. The lowest BCUT2D eigenvalue weighted by atomic mass is 9.90. The van der Waals surface area contributed by atoms with Crippen LogP contribution in [0.25, 0.3) is 0 Å². The Bertz CT molecular complexity index is 670. The van der Waals surface area contributed by atoms with Crippen molar-refractivity contribution in [3.05, 3.63) is 29.8 Å². The molecule has 1 heterocycles. The molecule has 0 unspecified atom stereocenters. The first-order valence-corrected chi connectivity index (χ1v) is 11.2. The first-order valence-electron chi connectivity index (χ1n) is 8.01. The molecule has 1 amide bonds. The second-order valence-corrected chi connectivity index (χ2v) is 11.5. The molecule has 1 aliphatic heterocycles. The smallest absolute Gasteiger partial charge is 0.410 e. The van der Waals surface area contributed by atoms with Crippen LogP contribution < -0.4 is 0 Å². The van der Waals surface area contributed by atoms with Crippen LogP contribution in [0.3, 0.4) is 0 Å². The molecule has 1 aliphatic rings. The molecule has 0 bridgehead atoms. The normalized spacial score (nSPS) is 16.9. The number of ether oxygens (including phenoxy) is 1. The molecular formula is C17H25NO4S2. The van der Waals surface area contributed by atoms with Gasteiger partial charge in [0.05, 0.1) is 0 Å². The molecule has 1 aromatic rings. The van der Waals surface area contributed by atoms with E-state index in [9.17, 15) is 13.2 Å². The Morgan fingerprint density at radius 2 is 1.71 bits per heavy atom. The van der Waals surface area contributed by atoms with E-state index < -0.39 is 14.5 Å². The van der Waals surface area contributed by atoms with Crippen LogP contribution in [-0.4, -0.2) is 44.4 Å². The lowest BCUT2D eigenvalue weighted by Gasteiger charge is -2.33. The number of rotatable bonds is 3. The van der Waals surface area contributed by atoms with E-state index in [-0.39, 0.29) is 6.09 Å². The third-order valence-corrected chi connectivity index (χ3v) is 6.00. The van der Waals surface area contributed by atoms with Gasteiger partial charge in [0.15, 0.2) is 0 Å². The fraction of sp³-hybridized carbons (Fsp3) is 0.588. The van der Waals surface area contributed by atoms with Gasteiger partial charge in [0, 0.05) is 35.0 Å². The molecule has 1 saturated heterocycles. The quantitative estimate of drug-likeness (QED) is 0.755. The summed E-state index contributed by atoms with van der Waals surface area (Å²) in [7, 11) is -2.22. The number of amides is 1. The van der Waals surface area contributed by atoms with Gasteiger partial charge in [0.2, 0.25) is 8.87 Å². The average Bonchev–Trinajstić information content (AvgIpc) is 2.45. The van der Waals surface area contributed by atoms with Crippen molar-refractivity contribution in [2.45, 2.75) is 50.0 Å². The Kier molecular flexibility index (Phi) is 5.86. The minimum Gasteiger partial charge on any atom is -0.444 e. The van der Waals surface area contributed by atoms with Gasteiger partial charge in [-0.2, -0.15) is 0 Å². The highest BCUT2D eigenvalue weighted by Crippen LogP contribution is 2.31. The zero-order valence-electron chi connectivity index (χ0n) is 14.6. The molecule has 0 spiro atoms. The zero-order chi connectivity index (χ0) is 18.0. The minimum atomic E-state index is -3.09. The molecule has 2 rings (SSSR count). The fourth-order valence-corrected chi connectivity index (χ4v) is 4.67. The van der Waals surface area contributed by atoms with Gasteiger partial charge in [0.25, 0.3) is 0 Å². The van der Waals surface area contributed by atoms with Crippen molar-refractivity contribution in [1.29, 1.82) is 0 Å². The summed E-state index contributed by atoms with van der Waals surface area (Å²) >= 11 is 0. The highest BCUT2D eigenvalue weighted by molar-refractivity contribution is 8.71. The summed E-state index contributed by atoms with van der Waals surface area (Å²) in [6, 6.07) is 7.67. The van der Waals surface area contributed by atoms with Crippen molar-refractivity contribution in [2.24, 2.45) is 0 Å². The van der Waals surface area contributed by atoms with Gasteiger partial charge in [-0.1, -0.05) is 12.1 Å². The first-order chi connectivity index (χ1) is 11.0. The molecular weight excluding hydrogens is 346 g/mol. The van der Waals surface area contributed by atoms with E-state index in [0.717, 1.165) is 28.5 Å². The summed E-state index contributed by atoms with van der Waals surface area (Å²) in [6.45, 7) is 6.97. The minimum absolute atomic E-state index is 0.249. The summed E-state index contributed by atoms with van der Waals surface area (Å²) in [4.78, 5) is 14.6. The van der Waals surface area contributed by atoms with Crippen LogP contribution in [0.2, 0.25) is 0 Å². The standard InChI is InChI=1S/C17H25NO4S2/c1-17(2,3)22-16(19)18-11-9-14(10-12-18)13-5-7-15(8-6-13)23-24(4,20)21/h5-8,14H,9-12H2,1-4H3. The SMILES string of the molecule is CC(C)(C)OC(=O)N1CCC(c2ccc(SS(C)(=O)=O)cc2)CC1. The molecule has 0 aromatic heterocycles. The third kappa shape index (κ3) is 6.02. The second kappa shape index (κ2) is 7.35. The zero-order valence-corrected chi connectivity index (χ0v) is 16.2. The van der Waals surface area contributed by atoms with Crippen molar-refractivity contribution < 1.29 is 17.9 Å². The number of piperidine rings is 1. The van der Waals surface area contributed by atoms with E-state index in [2.05, 4.69) is 0 Å². The van der Waals surface area contributed by atoms with Crippen molar-refractivity contribution in [1.82, 2.24) is 4.90 Å². The molecule has 1 fully saturated rings. The van der Waals surface area contributed by atoms with Gasteiger partial charge in [-0.25, -0.2) is 13.2 Å².